The molecule has 1 aliphatic heterocycles. The number of ether oxygens (including phenoxy) is 1. The Balaban J connectivity index is 1.58. The van der Waals surface area contributed by atoms with Gasteiger partial charge in [0.25, 0.3) is 5.91 Å². The number of carbonyl (C=O) groups is 1. The van der Waals surface area contributed by atoms with Gasteiger partial charge in [-0.1, -0.05) is 23.7 Å². The van der Waals surface area contributed by atoms with E-state index >= 15 is 0 Å². The van der Waals surface area contributed by atoms with Crippen molar-refractivity contribution in [3.05, 3.63) is 64.7 Å². The third-order valence-electron chi connectivity index (χ3n) is 4.03. The van der Waals surface area contributed by atoms with Gasteiger partial charge in [-0.3, -0.25) is 4.79 Å². The lowest BCUT2D eigenvalue weighted by molar-refractivity contribution is 0.0595. The molecule has 0 atom stereocenters. The van der Waals surface area contributed by atoms with Crippen molar-refractivity contribution in [2.24, 2.45) is 0 Å². The van der Waals surface area contributed by atoms with Crippen LogP contribution in [0.25, 0.3) is 0 Å². The van der Waals surface area contributed by atoms with E-state index in [0.29, 0.717) is 42.3 Å². The second-order valence-corrected chi connectivity index (χ2v) is 6.07. The van der Waals surface area contributed by atoms with Crippen molar-refractivity contribution in [2.75, 3.05) is 13.1 Å². The Kier molecular flexibility index (Phi) is 5.00. The van der Waals surface area contributed by atoms with Gasteiger partial charge in [-0.2, -0.15) is 0 Å². The van der Waals surface area contributed by atoms with Gasteiger partial charge in [0.05, 0.1) is 10.6 Å². The lowest BCUT2D eigenvalue weighted by Crippen LogP contribution is -2.41. The van der Waals surface area contributed by atoms with Crippen LogP contribution in [0, 0.1) is 11.6 Å². The van der Waals surface area contributed by atoms with Crippen LogP contribution in [0.15, 0.2) is 42.5 Å². The Morgan fingerprint density at radius 1 is 1.08 bits per heavy atom. The van der Waals surface area contributed by atoms with Gasteiger partial charge in [0, 0.05) is 32.0 Å². The number of hydrogen-bond acceptors (Lipinski definition) is 2. The molecule has 3 rings (SSSR count). The fourth-order valence-electron chi connectivity index (χ4n) is 2.72. The minimum Gasteiger partial charge on any atom is -0.490 e. The molecule has 0 radical (unpaired) electrons. The zero-order valence-corrected chi connectivity index (χ0v) is 13.6. The Bertz CT molecular complexity index is 746. The van der Waals surface area contributed by atoms with Gasteiger partial charge < -0.3 is 9.64 Å². The molecule has 1 heterocycles. The van der Waals surface area contributed by atoms with Crippen LogP contribution in [-0.4, -0.2) is 30.0 Å². The quantitative estimate of drug-likeness (QED) is 0.825. The highest BCUT2D eigenvalue weighted by Gasteiger charge is 2.25. The highest BCUT2D eigenvalue weighted by atomic mass is 35.5. The molecule has 1 fully saturated rings. The lowest BCUT2D eigenvalue weighted by atomic mass is 10.1. The summed E-state index contributed by atoms with van der Waals surface area (Å²) in [6, 6.07) is 10.4. The summed E-state index contributed by atoms with van der Waals surface area (Å²) in [6.07, 6.45) is 1.11. The van der Waals surface area contributed by atoms with Crippen LogP contribution in [0.4, 0.5) is 8.78 Å². The Morgan fingerprint density at radius 2 is 1.79 bits per heavy atom. The topological polar surface area (TPSA) is 29.5 Å². The van der Waals surface area contributed by atoms with E-state index in [1.807, 2.05) is 0 Å². The van der Waals surface area contributed by atoms with E-state index in [1.165, 1.54) is 6.07 Å². The second kappa shape index (κ2) is 7.18. The molecule has 24 heavy (non-hydrogen) atoms. The van der Waals surface area contributed by atoms with Crippen LogP contribution in [0.3, 0.4) is 0 Å². The van der Waals surface area contributed by atoms with E-state index in [1.54, 1.807) is 29.2 Å². The molecule has 0 N–H and O–H groups in total. The number of rotatable bonds is 3. The van der Waals surface area contributed by atoms with Crippen LogP contribution in [0.1, 0.15) is 23.2 Å². The zero-order chi connectivity index (χ0) is 17.1. The van der Waals surface area contributed by atoms with Gasteiger partial charge in [-0.25, -0.2) is 8.78 Å². The first-order chi connectivity index (χ1) is 11.5. The van der Waals surface area contributed by atoms with E-state index in [0.717, 1.165) is 12.1 Å². The number of piperidine rings is 1. The van der Waals surface area contributed by atoms with E-state index in [2.05, 4.69) is 0 Å². The summed E-state index contributed by atoms with van der Waals surface area (Å²) in [4.78, 5) is 14.2. The standard InChI is InChI=1S/C18H16ClF2NO2/c19-15-4-2-1-3-14(15)18(23)22-9-7-12(8-10-22)24-13-5-6-16(20)17(21)11-13/h1-6,11-12H,7-10H2. The van der Waals surface area contributed by atoms with Gasteiger partial charge in [-0.05, 0) is 24.3 Å². The maximum Gasteiger partial charge on any atom is 0.255 e. The third kappa shape index (κ3) is 3.67. The number of carbonyl (C=O) groups excluding carboxylic acids is 1. The smallest absolute Gasteiger partial charge is 0.255 e. The summed E-state index contributed by atoms with van der Waals surface area (Å²) in [5.41, 5.74) is 0.485. The summed E-state index contributed by atoms with van der Waals surface area (Å²) in [5, 5.41) is 0.433. The Hall–Kier alpha value is -2.14. The van der Waals surface area contributed by atoms with Crippen LogP contribution < -0.4 is 4.74 Å². The summed E-state index contributed by atoms with van der Waals surface area (Å²) in [6.45, 7) is 1.05. The summed E-state index contributed by atoms with van der Waals surface area (Å²) < 4.78 is 31.8. The average Bonchev–Trinajstić information content (AvgIpc) is 2.59. The number of likely N-dealkylation sites (tertiary alicyclic amines) is 1. The highest BCUT2D eigenvalue weighted by molar-refractivity contribution is 6.33. The van der Waals surface area contributed by atoms with Crippen molar-refractivity contribution >= 4 is 17.5 Å². The van der Waals surface area contributed by atoms with Crippen LogP contribution in [0.5, 0.6) is 5.75 Å². The molecule has 0 spiro atoms. The lowest BCUT2D eigenvalue weighted by Gasteiger charge is -2.32. The molecule has 1 saturated heterocycles. The largest absolute Gasteiger partial charge is 0.490 e. The van der Waals surface area contributed by atoms with Gasteiger partial charge in [0.1, 0.15) is 11.9 Å². The predicted molar refractivity (Wildman–Crippen MR) is 87.4 cm³/mol. The normalized spacial score (nSPS) is 15.4. The molecule has 0 saturated carbocycles. The molecule has 0 bridgehead atoms. The highest BCUT2D eigenvalue weighted by Crippen LogP contribution is 2.23. The zero-order valence-electron chi connectivity index (χ0n) is 12.8. The van der Waals surface area contributed by atoms with Gasteiger partial charge >= 0.3 is 0 Å². The van der Waals surface area contributed by atoms with Crippen molar-refractivity contribution < 1.29 is 18.3 Å². The first-order valence-corrected chi connectivity index (χ1v) is 8.08. The first kappa shape index (κ1) is 16.7. The van der Waals surface area contributed by atoms with Gasteiger partial charge in [-0.15, -0.1) is 0 Å². The van der Waals surface area contributed by atoms with E-state index in [9.17, 15) is 13.6 Å². The minimum atomic E-state index is -0.932. The maximum atomic E-state index is 13.2. The molecule has 2 aromatic rings. The van der Waals surface area contributed by atoms with Crippen molar-refractivity contribution in [1.82, 2.24) is 4.90 Å². The van der Waals surface area contributed by atoms with E-state index < -0.39 is 11.6 Å². The Morgan fingerprint density at radius 3 is 2.46 bits per heavy atom. The molecule has 126 valence electrons. The Labute approximate surface area is 143 Å². The fraction of sp³-hybridized carbons (Fsp3) is 0.278. The summed E-state index contributed by atoms with van der Waals surface area (Å²) >= 11 is 6.06. The van der Waals surface area contributed by atoms with Gasteiger partial charge in [0.15, 0.2) is 11.6 Å². The fourth-order valence-corrected chi connectivity index (χ4v) is 2.94. The maximum absolute atomic E-state index is 13.2. The van der Waals surface area contributed by atoms with E-state index in [-0.39, 0.29) is 12.0 Å². The summed E-state index contributed by atoms with van der Waals surface area (Å²) in [7, 11) is 0. The van der Waals surface area contributed by atoms with Crippen molar-refractivity contribution in [1.29, 1.82) is 0 Å². The van der Waals surface area contributed by atoms with Crippen LogP contribution in [0.2, 0.25) is 5.02 Å². The molecular weight excluding hydrogens is 336 g/mol. The molecule has 1 amide bonds. The second-order valence-electron chi connectivity index (χ2n) is 5.67. The number of hydrogen-bond donors (Lipinski definition) is 0. The number of nitrogens with zero attached hydrogens (tertiary/aromatic N) is 1. The summed E-state index contributed by atoms with van der Waals surface area (Å²) in [5.74, 6) is -1.64. The number of benzene rings is 2. The molecule has 6 heteroatoms. The van der Waals surface area contributed by atoms with Crippen molar-refractivity contribution in [3.63, 3.8) is 0 Å². The molecule has 0 unspecified atom stereocenters. The molecule has 1 aliphatic rings. The molecular formula is C18H16ClF2NO2. The third-order valence-corrected chi connectivity index (χ3v) is 4.36. The first-order valence-electron chi connectivity index (χ1n) is 7.70. The predicted octanol–water partition coefficient (Wildman–Crippen LogP) is 4.30. The molecule has 2 aromatic carbocycles. The van der Waals surface area contributed by atoms with Crippen LogP contribution >= 0.6 is 11.6 Å². The van der Waals surface area contributed by atoms with Gasteiger partial charge in [0.2, 0.25) is 0 Å². The van der Waals surface area contributed by atoms with Crippen LogP contribution in [-0.2, 0) is 0 Å². The van der Waals surface area contributed by atoms with E-state index in [4.69, 9.17) is 16.3 Å². The minimum absolute atomic E-state index is 0.105. The number of amides is 1. The molecule has 3 nitrogen and oxygen atoms in total. The monoisotopic (exact) mass is 351 g/mol. The van der Waals surface area contributed by atoms with Crippen molar-refractivity contribution in [2.45, 2.75) is 18.9 Å². The molecule has 0 aliphatic carbocycles. The SMILES string of the molecule is O=C(c1ccccc1Cl)N1CCC(Oc2ccc(F)c(F)c2)CC1. The molecule has 0 aromatic heterocycles. The number of halogens is 3. The average molecular weight is 352 g/mol. The van der Waals surface area contributed by atoms with Crippen molar-refractivity contribution in [3.8, 4) is 5.75 Å².